The first-order chi connectivity index (χ1) is 9.97. The lowest BCUT2D eigenvalue weighted by Gasteiger charge is -2.14. The van der Waals surface area contributed by atoms with Gasteiger partial charge in [0, 0.05) is 6.07 Å². The van der Waals surface area contributed by atoms with Crippen molar-refractivity contribution in [3.8, 4) is 11.5 Å². The summed E-state index contributed by atoms with van der Waals surface area (Å²) in [6.45, 7) is 1.61. The molecule has 0 aliphatic rings. The molecule has 1 heterocycles. The lowest BCUT2D eigenvalue weighted by atomic mass is 10.3. The second kappa shape index (κ2) is 6.06. The van der Waals surface area contributed by atoms with Crippen molar-refractivity contribution >= 4 is 10.0 Å². The lowest BCUT2D eigenvalue weighted by Crippen LogP contribution is -2.28. The largest absolute Gasteiger partial charge is 0.497 e. The maximum atomic E-state index is 12.4. The predicted octanol–water partition coefficient (Wildman–Crippen LogP) is 0.256. The Bertz CT molecular complexity index is 701. The van der Waals surface area contributed by atoms with Gasteiger partial charge in [-0.1, -0.05) is 5.21 Å². The van der Waals surface area contributed by atoms with E-state index in [9.17, 15) is 8.42 Å². The van der Waals surface area contributed by atoms with Crippen molar-refractivity contribution < 1.29 is 17.9 Å². The average molecular weight is 313 g/mol. The van der Waals surface area contributed by atoms with E-state index >= 15 is 0 Å². The van der Waals surface area contributed by atoms with Gasteiger partial charge in [-0.05, 0) is 19.1 Å². The van der Waals surface area contributed by atoms with Crippen LogP contribution in [0.3, 0.4) is 0 Å². The Hall–Kier alpha value is -2.20. The summed E-state index contributed by atoms with van der Waals surface area (Å²) in [5.41, 5.74) is 0. The molecule has 114 valence electrons. The summed E-state index contributed by atoms with van der Waals surface area (Å²) in [6.07, 6.45) is 0. The zero-order chi connectivity index (χ0) is 15.5. The summed E-state index contributed by atoms with van der Waals surface area (Å²) in [5, 5.41) is 13.1. The van der Waals surface area contributed by atoms with Crippen LogP contribution in [-0.4, -0.2) is 43.3 Å². The highest BCUT2D eigenvalue weighted by Gasteiger charge is 2.24. The molecule has 0 radical (unpaired) electrons. The molecule has 21 heavy (non-hydrogen) atoms. The Morgan fingerprint density at radius 1 is 1.29 bits per heavy atom. The zero-order valence-corrected chi connectivity index (χ0v) is 12.5. The Labute approximate surface area is 121 Å². The quantitative estimate of drug-likeness (QED) is 0.784. The van der Waals surface area contributed by atoms with Gasteiger partial charge in [0.05, 0.1) is 20.3 Å². The Morgan fingerprint density at radius 2 is 2.05 bits per heavy atom. The SMILES string of the molecule is COc1ccc(S(=O)(=O)NC(C)c2nn[nH]n2)c(OC)c1. The van der Waals surface area contributed by atoms with Crippen molar-refractivity contribution in [3.63, 3.8) is 0 Å². The molecule has 0 saturated heterocycles. The normalized spacial score (nSPS) is 12.9. The molecule has 9 nitrogen and oxygen atoms in total. The van der Waals surface area contributed by atoms with E-state index in [4.69, 9.17) is 9.47 Å². The number of ether oxygens (including phenoxy) is 2. The maximum absolute atomic E-state index is 12.4. The number of tetrazole rings is 1. The first-order valence-corrected chi connectivity index (χ1v) is 7.44. The Morgan fingerprint density at radius 3 is 2.62 bits per heavy atom. The zero-order valence-electron chi connectivity index (χ0n) is 11.7. The van der Waals surface area contributed by atoms with Gasteiger partial charge < -0.3 is 9.47 Å². The topological polar surface area (TPSA) is 119 Å². The van der Waals surface area contributed by atoms with Crippen LogP contribution in [0, 0.1) is 0 Å². The summed E-state index contributed by atoms with van der Waals surface area (Å²) >= 11 is 0. The van der Waals surface area contributed by atoms with Crippen molar-refractivity contribution in [1.29, 1.82) is 0 Å². The van der Waals surface area contributed by atoms with Gasteiger partial charge >= 0.3 is 0 Å². The molecule has 1 aromatic carbocycles. The molecule has 10 heteroatoms. The number of aromatic nitrogens is 4. The summed E-state index contributed by atoms with van der Waals surface area (Å²) in [4.78, 5) is 0.00106. The highest BCUT2D eigenvalue weighted by molar-refractivity contribution is 7.89. The van der Waals surface area contributed by atoms with E-state index in [0.717, 1.165) is 0 Å². The number of nitrogens with one attached hydrogen (secondary N) is 2. The van der Waals surface area contributed by atoms with Gasteiger partial charge in [0.2, 0.25) is 10.0 Å². The van der Waals surface area contributed by atoms with Crippen molar-refractivity contribution in [1.82, 2.24) is 25.3 Å². The molecule has 0 fully saturated rings. The minimum absolute atomic E-state index is 0.00106. The Balaban J connectivity index is 2.31. The fraction of sp³-hybridized carbons (Fsp3) is 0.364. The summed E-state index contributed by atoms with van der Waals surface area (Å²) in [5.74, 6) is 0.922. The lowest BCUT2D eigenvalue weighted by molar-refractivity contribution is 0.385. The standard InChI is InChI=1S/C11H15N5O4S/c1-7(11-12-15-16-13-11)14-21(17,18)10-5-4-8(19-2)6-9(10)20-3/h4-7,14H,1-3H3,(H,12,13,15,16). The predicted molar refractivity (Wildman–Crippen MR) is 72.5 cm³/mol. The first kappa shape index (κ1) is 15.2. The van der Waals surface area contributed by atoms with Crippen molar-refractivity contribution in [3.05, 3.63) is 24.0 Å². The van der Waals surface area contributed by atoms with E-state index in [0.29, 0.717) is 5.75 Å². The van der Waals surface area contributed by atoms with Gasteiger partial charge in [-0.2, -0.15) is 5.21 Å². The van der Waals surface area contributed by atoms with Gasteiger partial charge in [0.25, 0.3) is 0 Å². The van der Waals surface area contributed by atoms with Gasteiger partial charge in [0.15, 0.2) is 5.82 Å². The van der Waals surface area contributed by atoms with E-state index in [-0.39, 0.29) is 16.5 Å². The molecule has 0 saturated carbocycles. The van der Waals surface area contributed by atoms with E-state index in [1.54, 1.807) is 6.92 Å². The second-order valence-electron chi connectivity index (χ2n) is 4.13. The fourth-order valence-corrected chi connectivity index (χ4v) is 3.05. The molecule has 1 unspecified atom stereocenters. The number of hydrogen-bond acceptors (Lipinski definition) is 7. The third kappa shape index (κ3) is 3.28. The molecule has 2 rings (SSSR count). The number of H-pyrrole nitrogens is 1. The molecular weight excluding hydrogens is 298 g/mol. The van der Waals surface area contributed by atoms with Crippen molar-refractivity contribution in [2.45, 2.75) is 17.9 Å². The van der Waals surface area contributed by atoms with Crippen LogP contribution in [0.2, 0.25) is 0 Å². The molecular formula is C11H15N5O4S. The number of methoxy groups -OCH3 is 2. The van der Waals surface area contributed by atoms with Gasteiger partial charge in [-0.3, -0.25) is 0 Å². The summed E-state index contributed by atoms with van der Waals surface area (Å²) in [6, 6.07) is 3.80. The third-order valence-corrected chi connectivity index (χ3v) is 4.32. The molecule has 0 spiro atoms. The van der Waals surface area contributed by atoms with Crippen LogP contribution < -0.4 is 14.2 Å². The maximum Gasteiger partial charge on any atom is 0.244 e. The monoisotopic (exact) mass is 313 g/mol. The van der Waals surface area contributed by atoms with E-state index in [2.05, 4.69) is 25.3 Å². The number of benzene rings is 1. The summed E-state index contributed by atoms with van der Waals surface area (Å²) in [7, 11) is -0.935. The molecule has 1 aromatic heterocycles. The molecule has 0 aliphatic carbocycles. The highest BCUT2D eigenvalue weighted by atomic mass is 32.2. The van der Waals surface area contributed by atoms with Crippen LogP contribution in [0.25, 0.3) is 0 Å². The van der Waals surface area contributed by atoms with Gasteiger partial charge in [-0.25, -0.2) is 13.1 Å². The van der Waals surface area contributed by atoms with E-state index < -0.39 is 16.1 Å². The number of aromatic amines is 1. The Kier molecular flexibility index (Phi) is 4.38. The van der Waals surface area contributed by atoms with Crippen molar-refractivity contribution in [2.24, 2.45) is 0 Å². The number of nitrogens with zero attached hydrogens (tertiary/aromatic N) is 3. The molecule has 1 atom stereocenters. The van der Waals surface area contributed by atoms with Crippen LogP contribution in [-0.2, 0) is 10.0 Å². The molecule has 0 bridgehead atoms. The van der Waals surface area contributed by atoms with Crippen LogP contribution in [0.1, 0.15) is 18.8 Å². The van der Waals surface area contributed by atoms with E-state index in [1.807, 2.05) is 0 Å². The smallest absolute Gasteiger partial charge is 0.244 e. The molecule has 2 N–H and O–H groups in total. The number of hydrogen-bond donors (Lipinski definition) is 2. The molecule has 0 aliphatic heterocycles. The first-order valence-electron chi connectivity index (χ1n) is 5.95. The van der Waals surface area contributed by atoms with Gasteiger partial charge in [-0.15, -0.1) is 10.2 Å². The minimum atomic E-state index is -3.81. The van der Waals surface area contributed by atoms with Crippen LogP contribution in [0.4, 0.5) is 0 Å². The average Bonchev–Trinajstić information content (AvgIpc) is 3.00. The minimum Gasteiger partial charge on any atom is -0.497 e. The van der Waals surface area contributed by atoms with Crippen LogP contribution in [0.5, 0.6) is 11.5 Å². The molecule has 2 aromatic rings. The molecule has 0 amide bonds. The summed E-state index contributed by atoms with van der Waals surface area (Å²) < 4.78 is 37.4. The van der Waals surface area contributed by atoms with E-state index in [1.165, 1.54) is 32.4 Å². The van der Waals surface area contributed by atoms with Crippen molar-refractivity contribution in [2.75, 3.05) is 14.2 Å². The number of sulfonamides is 1. The number of rotatable bonds is 6. The van der Waals surface area contributed by atoms with Crippen LogP contribution >= 0.6 is 0 Å². The second-order valence-corrected chi connectivity index (χ2v) is 5.81. The fourth-order valence-electron chi connectivity index (χ4n) is 1.70. The highest BCUT2D eigenvalue weighted by Crippen LogP contribution is 2.29. The van der Waals surface area contributed by atoms with Crippen LogP contribution in [0.15, 0.2) is 23.1 Å². The van der Waals surface area contributed by atoms with Gasteiger partial charge in [0.1, 0.15) is 16.4 Å². The third-order valence-electron chi connectivity index (χ3n) is 2.74.